The van der Waals surface area contributed by atoms with Gasteiger partial charge < -0.3 is 4.74 Å². The molecule has 0 aromatic carbocycles. The number of nitrogens with zero attached hydrogens (tertiary/aromatic N) is 5. The minimum Gasteiger partial charge on any atom is -0.463 e. The molecule has 2 rings (SSSR count). The summed E-state index contributed by atoms with van der Waals surface area (Å²) in [5.74, 6) is -0.458. The predicted octanol–water partition coefficient (Wildman–Crippen LogP) is -0.0386. The van der Waals surface area contributed by atoms with E-state index in [1.54, 1.807) is 15.6 Å². The van der Waals surface area contributed by atoms with E-state index in [2.05, 4.69) is 19.9 Å². The van der Waals surface area contributed by atoms with Gasteiger partial charge in [0, 0.05) is 12.4 Å². The summed E-state index contributed by atoms with van der Waals surface area (Å²) in [5, 5.41) is 8.02. The van der Waals surface area contributed by atoms with Crippen LogP contribution >= 0.6 is 0 Å². The van der Waals surface area contributed by atoms with Crippen molar-refractivity contribution in [2.24, 2.45) is 0 Å². The predicted molar refractivity (Wildman–Crippen MR) is 53.6 cm³/mol. The Balaban J connectivity index is 1.95. The van der Waals surface area contributed by atoms with Crippen LogP contribution < -0.4 is 0 Å². The van der Waals surface area contributed by atoms with Crippen molar-refractivity contribution in [3.05, 3.63) is 30.6 Å². The molecule has 0 aliphatic heterocycles. The Morgan fingerprint density at radius 1 is 1.44 bits per heavy atom. The second-order valence-electron chi connectivity index (χ2n) is 3.09. The number of rotatable bonds is 4. The molecule has 0 amide bonds. The lowest BCUT2D eigenvalue weighted by Gasteiger charge is -2.00. The Morgan fingerprint density at radius 3 is 2.94 bits per heavy atom. The van der Waals surface area contributed by atoms with E-state index in [0.717, 1.165) is 0 Å². The molecule has 2 heterocycles. The molecule has 0 saturated carbocycles. The van der Waals surface area contributed by atoms with Gasteiger partial charge in [-0.15, -0.1) is 5.10 Å². The topological polar surface area (TPSA) is 74.8 Å². The summed E-state index contributed by atoms with van der Waals surface area (Å²) in [7, 11) is 1.30. The van der Waals surface area contributed by atoms with E-state index in [4.69, 9.17) is 0 Å². The number of esters is 1. The van der Waals surface area contributed by atoms with E-state index >= 15 is 0 Å². The molecule has 0 radical (unpaired) electrons. The zero-order valence-electron chi connectivity index (χ0n) is 8.78. The molecule has 0 unspecified atom stereocenters. The van der Waals surface area contributed by atoms with Crippen molar-refractivity contribution in [1.82, 2.24) is 24.5 Å². The number of carbonyl (C=O) groups excluding carboxylic acids is 1. The minimum absolute atomic E-state index is 0.0722. The fourth-order valence-electron chi connectivity index (χ4n) is 1.22. The average molecular weight is 221 g/mol. The minimum atomic E-state index is -0.530. The summed E-state index contributed by atoms with van der Waals surface area (Å²) in [6.45, 7) is 1.28. The van der Waals surface area contributed by atoms with Crippen LogP contribution in [0.3, 0.4) is 0 Å². The molecule has 7 heteroatoms. The Kier molecular flexibility index (Phi) is 2.95. The van der Waals surface area contributed by atoms with E-state index in [-0.39, 0.29) is 5.82 Å². The molecule has 84 valence electrons. The van der Waals surface area contributed by atoms with Crippen LogP contribution in [0.2, 0.25) is 0 Å². The summed E-state index contributed by atoms with van der Waals surface area (Å²) < 4.78 is 7.86. The van der Waals surface area contributed by atoms with Crippen LogP contribution in [-0.4, -0.2) is 37.6 Å². The Labute approximate surface area is 91.7 Å². The normalized spacial score (nSPS) is 10.3. The average Bonchev–Trinajstić information content (AvgIpc) is 2.96. The van der Waals surface area contributed by atoms with Gasteiger partial charge in [-0.3, -0.25) is 9.36 Å². The summed E-state index contributed by atoms with van der Waals surface area (Å²) in [6, 6.07) is 1.85. The van der Waals surface area contributed by atoms with Crippen LogP contribution in [0, 0.1) is 0 Å². The van der Waals surface area contributed by atoms with Gasteiger partial charge in [-0.2, -0.15) is 5.10 Å². The van der Waals surface area contributed by atoms with Gasteiger partial charge in [0.1, 0.15) is 6.33 Å². The number of hydrogen-bond donors (Lipinski definition) is 0. The third-order valence-electron chi connectivity index (χ3n) is 2.02. The van der Waals surface area contributed by atoms with E-state index in [1.165, 1.54) is 13.4 Å². The number of methoxy groups -OCH3 is 1. The molecule has 2 aromatic heterocycles. The SMILES string of the molecule is COC(=O)c1ncn(CCn2cccn2)n1. The first-order valence-corrected chi connectivity index (χ1v) is 4.75. The van der Waals surface area contributed by atoms with Crippen LogP contribution in [0.4, 0.5) is 0 Å². The lowest BCUT2D eigenvalue weighted by molar-refractivity contribution is 0.0586. The standard InChI is InChI=1S/C9H11N5O2/c1-16-9(15)8-10-7-14(12-8)6-5-13-4-2-3-11-13/h2-4,7H,5-6H2,1H3. The summed E-state index contributed by atoms with van der Waals surface area (Å²) in [5.41, 5.74) is 0. The van der Waals surface area contributed by atoms with E-state index in [9.17, 15) is 4.79 Å². The quantitative estimate of drug-likeness (QED) is 0.677. The van der Waals surface area contributed by atoms with Crippen molar-refractivity contribution in [3.63, 3.8) is 0 Å². The number of carbonyl (C=O) groups is 1. The number of ether oxygens (including phenoxy) is 1. The molecule has 0 spiro atoms. The zero-order chi connectivity index (χ0) is 11.4. The van der Waals surface area contributed by atoms with Crippen molar-refractivity contribution in [2.75, 3.05) is 7.11 Å². The van der Waals surface area contributed by atoms with Crippen molar-refractivity contribution >= 4 is 5.97 Å². The molecule has 2 aromatic rings. The van der Waals surface area contributed by atoms with Crippen LogP contribution in [0.25, 0.3) is 0 Å². The number of aryl methyl sites for hydroxylation is 2. The largest absolute Gasteiger partial charge is 0.463 e. The van der Waals surface area contributed by atoms with Gasteiger partial charge >= 0.3 is 5.97 Å². The van der Waals surface area contributed by atoms with Crippen LogP contribution in [0.15, 0.2) is 24.8 Å². The first kappa shape index (κ1) is 10.3. The highest BCUT2D eigenvalue weighted by atomic mass is 16.5. The Bertz CT molecular complexity index is 462. The summed E-state index contributed by atoms with van der Waals surface area (Å²) >= 11 is 0. The second-order valence-corrected chi connectivity index (χ2v) is 3.09. The first-order valence-electron chi connectivity index (χ1n) is 4.75. The van der Waals surface area contributed by atoms with Crippen LogP contribution in [0.5, 0.6) is 0 Å². The lowest BCUT2D eigenvalue weighted by Crippen LogP contribution is -2.10. The molecular formula is C9H11N5O2. The highest BCUT2D eigenvalue weighted by Crippen LogP contribution is 1.94. The summed E-state index contributed by atoms with van der Waals surface area (Å²) in [6.07, 6.45) is 5.06. The third kappa shape index (κ3) is 2.25. The van der Waals surface area contributed by atoms with Crippen molar-refractivity contribution < 1.29 is 9.53 Å². The molecule has 0 aliphatic carbocycles. The van der Waals surface area contributed by atoms with Gasteiger partial charge in [0.15, 0.2) is 0 Å². The Morgan fingerprint density at radius 2 is 2.25 bits per heavy atom. The summed E-state index contributed by atoms with van der Waals surface area (Å²) in [4.78, 5) is 14.9. The smallest absolute Gasteiger partial charge is 0.377 e. The monoisotopic (exact) mass is 221 g/mol. The maximum absolute atomic E-state index is 11.1. The highest BCUT2D eigenvalue weighted by molar-refractivity contribution is 5.84. The second kappa shape index (κ2) is 4.56. The van der Waals surface area contributed by atoms with Crippen molar-refractivity contribution in [2.45, 2.75) is 13.1 Å². The van der Waals surface area contributed by atoms with Gasteiger partial charge in [-0.1, -0.05) is 0 Å². The maximum atomic E-state index is 11.1. The molecule has 0 fully saturated rings. The molecule has 0 atom stereocenters. The Hall–Kier alpha value is -2.18. The molecule has 7 nitrogen and oxygen atoms in total. The number of aromatic nitrogens is 5. The van der Waals surface area contributed by atoms with Gasteiger partial charge in [0.25, 0.3) is 5.82 Å². The van der Waals surface area contributed by atoms with Crippen LogP contribution in [-0.2, 0) is 17.8 Å². The fraction of sp³-hybridized carbons (Fsp3) is 0.333. The fourth-order valence-corrected chi connectivity index (χ4v) is 1.22. The lowest BCUT2D eigenvalue weighted by atomic mass is 10.6. The zero-order valence-corrected chi connectivity index (χ0v) is 8.78. The maximum Gasteiger partial charge on any atom is 0.377 e. The van der Waals surface area contributed by atoms with Gasteiger partial charge in [0.2, 0.25) is 0 Å². The van der Waals surface area contributed by atoms with Gasteiger partial charge in [-0.05, 0) is 6.07 Å². The first-order chi connectivity index (χ1) is 7.79. The van der Waals surface area contributed by atoms with E-state index in [1.807, 2.05) is 12.3 Å². The number of hydrogen-bond acceptors (Lipinski definition) is 5. The molecule has 16 heavy (non-hydrogen) atoms. The molecular weight excluding hydrogens is 210 g/mol. The van der Waals surface area contributed by atoms with Crippen molar-refractivity contribution in [1.29, 1.82) is 0 Å². The van der Waals surface area contributed by atoms with Crippen molar-refractivity contribution in [3.8, 4) is 0 Å². The molecule has 0 bridgehead atoms. The third-order valence-corrected chi connectivity index (χ3v) is 2.02. The van der Waals surface area contributed by atoms with E-state index < -0.39 is 5.97 Å². The van der Waals surface area contributed by atoms with Gasteiger partial charge in [0.05, 0.1) is 20.2 Å². The molecule has 0 N–H and O–H groups in total. The highest BCUT2D eigenvalue weighted by Gasteiger charge is 2.10. The molecule has 0 aliphatic rings. The van der Waals surface area contributed by atoms with E-state index in [0.29, 0.717) is 13.1 Å². The molecule has 0 saturated heterocycles. The van der Waals surface area contributed by atoms with Gasteiger partial charge in [-0.25, -0.2) is 9.78 Å². The van der Waals surface area contributed by atoms with Crippen LogP contribution in [0.1, 0.15) is 10.6 Å².